The highest BCUT2D eigenvalue weighted by Crippen LogP contribution is 2.31. The fourth-order valence-electron chi connectivity index (χ4n) is 4.20. The van der Waals surface area contributed by atoms with Crippen molar-refractivity contribution in [2.45, 2.75) is 77.1 Å². The minimum absolute atomic E-state index is 0.142. The van der Waals surface area contributed by atoms with E-state index in [-0.39, 0.29) is 11.9 Å². The van der Waals surface area contributed by atoms with Gasteiger partial charge in [0.2, 0.25) is 5.91 Å². The van der Waals surface area contributed by atoms with Crippen LogP contribution in [0.3, 0.4) is 0 Å². The summed E-state index contributed by atoms with van der Waals surface area (Å²) in [5.74, 6) is -0.142. The SMILES string of the molecule is Cc1cccc(/C=C/C2CCC(C(=O)N3CCCC3C#N)N2C(=O)OC(C)(C)C)c1. The van der Waals surface area contributed by atoms with E-state index in [9.17, 15) is 14.9 Å². The Hall–Kier alpha value is -2.81. The zero-order chi connectivity index (χ0) is 21.9. The van der Waals surface area contributed by atoms with E-state index < -0.39 is 23.8 Å². The number of carbonyl (C=O) groups is 2. The second-order valence-electron chi connectivity index (χ2n) is 9.14. The van der Waals surface area contributed by atoms with Gasteiger partial charge in [-0.2, -0.15) is 5.26 Å². The van der Waals surface area contributed by atoms with E-state index in [1.54, 1.807) is 9.80 Å². The second kappa shape index (κ2) is 8.91. The number of rotatable bonds is 3. The molecule has 2 saturated heterocycles. The predicted molar refractivity (Wildman–Crippen MR) is 115 cm³/mol. The molecule has 0 aromatic heterocycles. The van der Waals surface area contributed by atoms with Crippen LogP contribution in [0.25, 0.3) is 6.08 Å². The van der Waals surface area contributed by atoms with Gasteiger partial charge in [0, 0.05) is 6.54 Å². The van der Waals surface area contributed by atoms with Crippen molar-refractivity contribution in [2.24, 2.45) is 0 Å². The lowest BCUT2D eigenvalue weighted by atomic mass is 10.1. The maximum atomic E-state index is 13.3. The van der Waals surface area contributed by atoms with Crippen LogP contribution in [0.5, 0.6) is 0 Å². The molecule has 2 heterocycles. The highest BCUT2D eigenvalue weighted by molar-refractivity contribution is 5.87. The van der Waals surface area contributed by atoms with E-state index in [4.69, 9.17) is 4.74 Å². The molecule has 30 heavy (non-hydrogen) atoms. The Morgan fingerprint density at radius 1 is 1.23 bits per heavy atom. The molecule has 1 aromatic carbocycles. The molecule has 0 bridgehead atoms. The Balaban J connectivity index is 1.84. The third kappa shape index (κ3) is 5.02. The van der Waals surface area contributed by atoms with Crippen LogP contribution in [0.2, 0.25) is 0 Å². The number of ether oxygens (including phenoxy) is 1. The van der Waals surface area contributed by atoms with Gasteiger partial charge in [-0.15, -0.1) is 0 Å². The van der Waals surface area contributed by atoms with E-state index in [0.29, 0.717) is 25.8 Å². The molecular weight excluding hydrogens is 378 g/mol. The minimum atomic E-state index is -0.652. The average Bonchev–Trinajstić information content (AvgIpc) is 3.31. The summed E-state index contributed by atoms with van der Waals surface area (Å²) in [5, 5.41) is 9.38. The van der Waals surface area contributed by atoms with Crippen molar-refractivity contribution in [3.63, 3.8) is 0 Å². The summed E-state index contributed by atoms with van der Waals surface area (Å²) in [7, 11) is 0. The van der Waals surface area contributed by atoms with Gasteiger partial charge in [0.15, 0.2) is 0 Å². The first-order valence-electron chi connectivity index (χ1n) is 10.7. The van der Waals surface area contributed by atoms with E-state index in [1.165, 1.54) is 0 Å². The minimum Gasteiger partial charge on any atom is -0.444 e. The number of nitriles is 1. The summed E-state index contributed by atoms with van der Waals surface area (Å²) >= 11 is 0. The molecule has 0 N–H and O–H groups in total. The van der Waals surface area contributed by atoms with E-state index in [0.717, 1.165) is 17.5 Å². The van der Waals surface area contributed by atoms with Crippen molar-refractivity contribution in [1.29, 1.82) is 5.26 Å². The van der Waals surface area contributed by atoms with E-state index in [2.05, 4.69) is 12.1 Å². The standard InChI is InChI=1S/C24H31N3O3/c1-17-7-5-8-18(15-17)10-11-19-12-13-21(27(19)23(29)30-24(2,3)4)22(28)26-14-6-9-20(26)16-25/h5,7-8,10-11,15,19-21H,6,9,12-14H2,1-4H3/b11-10+. The quantitative estimate of drug-likeness (QED) is 0.746. The molecule has 2 aliphatic rings. The van der Waals surface area contributed by atoms with Crippen LogP contribution in [-0.4, -0.2) is 52.1 Å². The number of hydrogen-bond donors (Lipinski definition) is 0. The normalized spacial score (nSPS) is 24.3. The average molecular weight is 410 g/mol. The third-order valence-electron chi connectivity index (χ3n) is 5.56. The molecule has 3 rings (SSSR count). The van der Waals surface area contributed by atoms with Crippen LogP contribution >= 0.6 is 0 Å². The smallest absolute Gasteiger partial charge is 0.411 e. The number of likely N-dealkylation sites (tertiary alicyclic amines) is 2. The molecule has 0 aliphatic carbocycles. The van der Waals surface area contributed by atoms with Gasteiger partial charge < -0.3 is 9.64 Å². The molecule has 6 nitrogen and oxygen atoms in total. The number of amides is 2. The lowest BCUT2D eigenvalue weighted by molar-refractivity contribution is -0.136. The maximum absolute atomic E-state index is 13.3. The molecule has 2 aliphatic heterocycles. The van der Waals surface area contributed by atoms with Gasteiger partial charge >= 0.3 is 6.09 Å². The molecule has 2 fully saturated rings. The summed E-state index contributed by atoms with van der Waals surface area (Å²) in [6, 6.07) is 9.12. The Bertz CT molecular complexity index is 865. The molecule has 1 aromatic rings. The van der Waals surface area contributed by atoms with Crippen LogP contribution in [0.4, 0.5) is 4.79 Å². The van der Waals surface area contributed by atoms with E-state index in [1.807, 2.05) is 58.0 Å². The summed E-state index contributed by atoms with van der Waals surface area (Å²) in [5.41, 5.74) is 1.57. The fraction of sp³-hybridized carbons (Fsp3) is 0.542. The summed E-state index contributed by atoms with van der Waals surface area (Å²) in [6.07, 6.45) is 6.26. The van der Waals surface area contributed by atoms with Gasteiger partial charge in [0.05, 0.1) is 12.1 Å². The van der Waals surface area contributed by atoms with Crippen molar-refractivity contribution in [1.82, 2.24) is 9.80 Å². The topological polar surface area (TPSA) is 73.6 Å². The Morgan fingerprint density at radius 2 is 2.00 bits per heavy atom. The van der Waals surface area contributed by atoms with Crippen molar-refractivity contribution >= 4 is 18.1 Å². The summed E-state index contributed by atoms with van der Waals surface area (Å²) < 4.78 is 5.64. The van der Waals surface area contributed by atoms with Crippen molar-refractivity contribution in [2.75, 3.05) is 6.54 Å². The lowest BCUT2D eigenvalue weighted by Gasteiger charge is -2.33. The van der Waals surface area contributed by atoms with Gasteiger partial charge in [-0.1, -0.05) is 42.0 Å². The third-order valence-corrected chi connectivity index (χ3v) is 5.56. The first kappa shape index (κ1) is 21.9. The largest absolute Gasteiger partial charge is 0.444 e. The van der Waals surface area contributed by atoms with Crippen LogP contribution in [0, 0.1) is 18.3 Å². The zero-order valence-corrected chi connectivity index (χ0v) is 18.3. The van der Waals surface area contributed by atoms with Crippen molar-refractivity contribution in [3.05, 3.63) is 41.5 Å². The van der Waals surface area contributed by atoms with Gasteiger partial charge in [-0.3, -0.25) is 9.69 Å². The predicted octanol–water partition coefficient (Wildman–Crippen LogP) is 4.29. The highest BCUT2D eigenvalue weighted by Gasteiger charge is 2.45. The first-order chi connectivity index (χ1) is 14.2. The van der Waals surface area contributed by atoms with Gasteiger partial charge in [0.25, 0.3) is 0 Å². The maximum Gasteiger partial charge on any atom is 0.411 e. The number of nitrogens with zero attached hydrogens (tertiary/aromatic N) is 3. The first-order valence-corrected chi connectivity index (χ1v) is 10.7. The molecule has 2 amide bonds. The Morgan fingerprint density at radius 3 is 2.67 bits per heavy atom. The number of carbonyl (C=O) groups excluding carboxylic acids is 2. The molecule has 3 unspecified atom stereocenters. The molecular formula is C24H31N3O3. The fourth-order valence-corrected chi connectivity index (χ4v) is 4.20. The number of benzene rings is 1. The second-order valence-corrected chi connectivity index (χ2v) is 9.14. The number of aryl methyl sites for hydroxylation is 1. The highest BCUT2D eigenvalue weighted by atomic mass is 16.6. The molecule has 6 heteroatoms. The van der Waals surface area contributed by atoms with Crippen LogP contribution in [-0.2, 0) is 9.53 Å². The monoisotopic (exact) mass is 409 g/mol. The van der Waals surface area contributed by atoms with Gasteiger partial charge in [-0.05, 0) is 58.9 Å². The van der Waals surface area contributed by atoms with Crippen LogP contribution in [0.15, 0.2) is 30.3 Å². The zero-order valence-electron chi connectivity index (χ0n) is 18.3. The Kier molecular flexibility index (Phi) is 6.50. The van der Waals surface area contributed by atoms with Gasteiger partial charge in [-0.25, -0.2) is 4.79 Å². The van der Waals surface area contributed by atoms with E-state index >= 15 is 0 Å². The van der Waals surface area contributed by atoms with Gasteiger partial charge in [0.1, 0.15) is 17.7 Å². The lowest BCUT2D eigenvalue weighted by Crippen LogP contribution is -2.52. The molecule has 3 atom stereocenters. The van der Waals surface area contributed by atoms with Crippen molar-refractivity contribution in [3.8, 4) is 6.07 Å². The van der Waals surface area contributed by atoms with Crippen LogP contribution in [0.1, 0.15) is 57.6 Å². The summed E-state index contributed by atoms with van der Waals surface area (Å²) in [6.45, 7) is 8.07. The molecule has 0 saturated carbocycles. The molecule has 0 radical (unpaired) electrons. The Labute approximate surface area is 179 Å². The van der Waals surface area contributed by atoms with Crippen LogP contribution < -0.4 is 0 Å². The van der Waals surface area contributed by atoms with Crippen molar-refractivity contribution < 1.29 is 14.3 Å². The number of hydrogen-bond acceptors (Lipinski definition) is 4. The molecule has 0 spiro atoms. The summed E-state index contributed by atoms with van der Waals surface area (Å²) in [4.78, 5) is 29.5. The molecule has 160 valence electrons.